The Balaban J connectivity index is 2.08. The molecule has 112 valence electrons. The molecule has 1 aromatic heterocycles. The summed E-state index contributed by atoms with van der Waals surface area (Å²) in [6, 6.07) is 1.10. The first-order valence-corrected chi connectivity index (χ1v) is 8.85. The molecule has 1 unspecified atom stereocenters. The van der Waals surface area contributed by atoms with Crippen LogP contribution in [0.2, 0.25) is 0 Å². The van der Waals surface area contributed by atoms with Gasteiger partial charge in [-0.25, -0.2) is 17.9 Å². The Hall–Kier alpha value is -0.960. The summed E-state index contributed by atoms with van der Waals surface area (Å²) < 4.78 is 27.2. The van der Waals surface area contributed by atoms with Crippen LogP contribution >= 0.6 is 11.3 Å². The van der Waals surface area contributed by atoms with Gasteiger partial charge in [0.15, 0.2) is 0 Å². The number of aromatic carboxylic acids is 1. The molecule has 1 aromatic rings. The third-order valence-electron chi connectivity index (χ3n) is 3.36. The first kappa shape index (κ1) is 15.4. The number of carboxylic acid groups (broad SMARTS) is 1. The molecule has 1 saturated heterocycles. The number of hydrogen-bond acceptors (Lipinski definition) is 5. The van der Waals surface area contributed by atoms with Crippen molar-refractivity contribution in [1.29, 1.82) is 0 Å². The van der Waals surface area contributed by atoms with E-state index in [4.69, 9.17) is 5.11 Å². The van der Waals surface area contributed by atoms with Crippen LogP contribution in [0.3, 0.4) is 0 Å². The van der Waals surface area contributed by atoms with E-state index in [0.717, 1.165) is 37.3 Å². The summed E-state index contributed by atoms with van der Waals surface area (Å²) in [5.41, 5.74) is 0.00852. The fraction of sp³-hybridized carbons (Fsp3) is 0.583. The average molecular weight is 318 g/mol. The van der Waals surface area contributed by atoms with Crippen molar-refractivity contribution in [3.63, 3.8) is 0 Å². The lowest BCUT2D eigenvalue weighted by atomic mass is 10.1. The zero-order chi connectivity index (χ0) is 14.8. The van der Waals surface area contributed by atoms with Crippen molar-refractivity contribution in [2.75, 3.05) is 19.6 Å². The van der Waals surface area contributed by atoms with E-state index in [1.165, 1.54) is 11.4 Å². The van der Waals surface area contributed by atoms with Crippen LogP contribution in [0.4, 0.5) is 0 Å². The maximum atomic E-state index is 12.2. The lowest BCUT2D eigenvalue weighted by Crippen LogP contribution is -2.47. The smallest absolute Gasteiger partial charge is 0.336 e. The van der Waals surface area contributed by atoms with Gasteiger partial charge in [0.1, 0.15) is 4.21 Å². The van der Waals surface area contributed by atoms with Gasteiger partial charge in [0.2, 0.25) is 10.0 Å². The van der Waals surface area contributed by atoms with Crippen LogP contribution < -0.4 is 4.72 Å². The second-order valence-corrected chi connectivity index (χ2v) is 7.67. The lowest BCUT2D eigenvalue weighted by molar-refractivity contribution is 0.0697. The Labute approximate surface area is 122 Å². The third kappa shape index (κ3) is 3.57. The van der Waals surface area contributed by atoms with Crippen LogP contribution in [0.15, 0.2) is 15.7 Å². The van der Waals surface area contributed by atoms with Crippen molar-refractivity contribution in [3.8, 4) is 0 Å². The van der Waals surface area contributed by atoms with Crippen LogP contribution in [0.25, 0.3) is 0 Å². The van der Waals surface area contributed by atoms with Gasteiger partial charge >= 0.3 is 5.97 Å². The van der Waals surface area contributed by atoms with Crippen molar-refractivity contribution in [2.24, 2.45) is 0 Å². The number of thiophene rings is 1. The van der Waals surface area contributed by atoms with Crippen LogP contribution in [-0.2, 0) is 10.0 Å². The third-order valence-corrected chi connectivity index (χ3v) is 6.32. The van der Waals surface area contributed by atoms with Gasteiger partial charge in [0, 0.05) is 18.0 Å². The summed E-state index contributed by atoms with van der Waals surface area (Å²) in [6.45, 7) is 4.65. The molecule has 0 amide bonds. The lowest BCUT2D eigenvalue weighted by Gasteiger charge is -2.31. The Bertz CT molecular complexity index is 582. The van der Waals surface area contributed by atoms with Gasteiger partial charge in [-0.15, -0.1) is 11.3 Å². The van der Waals surface area contributed by atoms with E-state index >= 15 is 0 Å². The molecule has 0 saturated carbocycles. The minimum Gasteiger partial charge on any atom is -0.478 e. The first-order valence-electron chi connectivity index (χ1n) is 6.49. The molecule has 1 aliphatic rings. The van der Waals surface area contributed by atoms with Crippen molar-refractivity contribution in [3.05, 3.63) is 17.0 Å². The minimum absolute atomic E-state index is 0.00852. The number of hydrogen-bond donors (Lipinski definition) is 2. The van der Waals surface area contributed by atoms with E-state index in [0.29, 0.717) is 6.54 Å². The Kier molecular flexibility index (Phi) is 4.79. The average Bonchev–Trinajstić information content (AvgIpc) is 2.89. The quantitative estimate of drug-likeness (QED) is 0.852. The number of likely N-dealkylation sites (tertiary alicyclic amines) is 1. The van der Waals surface area contributed by atoms with Crippen molar-refractivity contribution in [1.82, 2.24) is 9.62 Å². The van der Waals surface area contributed by atoms with E-state index in [1.807, 2.05) is 0 Å². The molecule has 1 fully saturated rings. The zero-order valence-corrected chi connectivity index (χ0v) is 12.8. The molecular formula is C12H18N2O4S2. The summed E-state index contributed by atoms with van der Waals surface area (Å²) >= 11 is 0.935. The maximum absolute atomic E-state index is 12.2. The van der Waals surface area contributed by atoms with E-state index in [1.54, 1.807) is 0 Å². The number of carboxylic acids is 1. The van der Waals surface area contributed by atoms with E-state index in [-0.39, 0.29) is 15.8 Å². The number of nitrogens with zero attached hydrogens (tertiary/aromatic N) is 1. The molecule has 0 spiro atoms. The molecule has 8 heteroatoms. The largest absolute Gasteiger partial charge is 0.478 e. The van der Waals surface area contributed by atoms with Gasteiger partial charge in [0.25, 0.3) is 0 Å². The summed E-state index contributed by atoms with van der Waals surface area (Å²) in [4.78, 5) is 13.0. The molecule has 2 N–H and O–H groups in total. The zero-order valence-electron chi connectivity index (χ0n) is 11.2. The van der Waals surface area contributed by atoms with Gasteiger partial charge in [-0.2, -0.15) is 0 Å². The molecule has 0 aliphatic carbocycles. The molecular weight excluding hydrogens is 300 g/mol. The number of rotatable bonds is 5. The van der Waals surface area contributed by atoms with Gasteiger partial charge < -0.3 is 10.0 Å². The normalized spacial score (nSPS) is 20.9. The predicted octanol–water partition coefficient (Wildman–Crippen LogP) is 1.21. The summed E-state index contributed by atoms with van der Waals surface area (Å²) in [5, 5.41) is 10.2. The van der Waals surface area contributed by atoms with Crippen molar-refractivity contribution >= 4 is 27.3 Å². The van der Waals surface area contributed by atoms with Crippen LogP contribution in [0, 0.1) is 0 Å². The second-order valence-electron chi connectivity index (χ2n) is 4.81. The Morgan fingerprint density at radius 1 is 1.60 bits per heavy atom. The Morgan fingerprint density at radius 3 is 2.95 bits per heavy atom. The highest BCUT2D eigenvalue weighted by atomic mass is 32.2. The molecule has 1 aliphatic heterocycles. The first-order chi connectivity index (χ1) is 9.42. The van der Waals surface area contributed by atoms with Gasteiger partial charge in [0.05, 0.1) is 5.56 Å². The van der Waals surface area contributed by atoms with Crippen LogP contribution in [0.1, 0.15) is 30.1 Å². The van der Waals surface area contributed by atoms with Gasteiger partial charge in [-0.3, -0.25) is 0 Å². The fourth-order valence-corrected chi connectivity index (χ4v) is 4.72. The fourth-order valence-electron chi connectivity index (χ4n) is 2.29. The standard InChI is InChI=1S/C12H18N2O4S2/c1-2-14-5-3-4-10(7-14)13-20(17,18)11-6-9(8-19-11)12(15)16/h6,8,10,13H,2-5,7H2,1H3,(H,15,16). The molecule has 1 atom stereocenters. The SMILES string of the molecule is CCN1CCCC(NS(=O)(=O)c2cc(C(=O)O)cs2)C1. The van der Waals surface area contributed by atoms with Gasteiger partial charge in [-0.05, 0) is 32.0 Å². The topological polar surface area (TPSA) is 86.7 Å². The number of carbonyl (C=O) groups is 1. The Morgan fingerprint density at radius 2 is 2.35 bits per heavy atom. The minimum atomic E-state index is -3.63. The molecule has 0 bridgehead atoms. The monoisotopic (exact) mass is 318 g/mol. The van der Waals surface area contributed by atoms with Crippen LogP contribution in [0.5, 0.6) is 0 Å². The summed E-state index contributed by atoms with van der Waals surface area (Å²) in [5.74, 6) is -1.11. The van der Waals surface area contributed by atoms with Crippen molar-refractivity contribution < 1.29 is 18.3 Å². The molecule has 20 heavy (non-hydrogen) atoms. The van der Waals surface area contributed by atoms with Crippen molar-refractivity contribution in [2.45, 2.75) is 30.0 Å². The molecule has 2 rings (SSSR count). The number of likely N-dealkylation sites (N-methyl/N-ethyl adjacent to an activating group) is 1. The number of nitrogens with one attached hydrogen (secondary N) is 1. The maximum Gasteiger partial charge on any atom is 0.336 e. The van der Waals surface area contributed by atoms with E-state index in [2.05, 4.69) is 16.5 Å². The number of piperidine rings is 1. The van der Waals surface area contributed by atoms with E-state index < -0.39 is 16.0 Å². The molecule has 2 heterocycles. The predicted molar refractivity (Wildman–Crippen MR) is 76.7 cm³/mol. The summed E-state index contributed by atoms with van der Waals surface area (Å²) in [6.07, 6.45) is 1.78. The number of sulfonamides is 1. The summed E-state index contributed by atoms with van der Waals surface area (Å²) in [7, 11) is -3.63. The molecule has 0 aromatic carbocycles. The van der Waals surface area contributed by atoms with Gasteiger partial charge in [-0.1, -0.05) is 6.92 Å². The molecule has 0 radical (unpaired) electrons. The highest BCUT2D eigenvalue weighted by molar-refractivity contribution is 7.91. The highest BCUT2D eigenvalue weighted by Crippen LogP contribution is 2.21. The highest BCUT2D eigenvalue weighted by Gasteiger charge is 2.26. The molecule has 6 nitrogen and oxygen atoms in total. The van der Waals surface area contributed by atoms with Crippen LogP contribution in [-0.4, -0.2) is 50.1 Å². The second kappa shape index (κ2) is 6.21. The van der Waals surface area contributed by atoms with E-state index in [9.17, 15) is 13.2 Å².